The van der Waals surface area contributed by atoms with E-state index in [1.807, 2.05) is 23.1 Å². The van der Waals surface area contributed by atoms with Crippen LogP contribution in [0, 0.1) is 0 Å². The van der Waals surface area contributed by atoms with Crippen LogP contribution in [-0.2, 0) is 0 Å². The molecule has 0 saturated heterocycles. The lowest BCUT2D eigenvalue weighted by Gasteiger charge is -1.89. The molecule has 0 fully saturated rings. The van der Waals surface area contributed by atoms with Gasteiger partial charge in [0.25, 0.3) is 0 Å². The Kier molecular flexibility index (Phi) is 3.27. The van der Waals surface area contributed by atoms with Crippen molar-refractivity contribution in [2.24, 2.45) is 0 Å². The molecule has 2 aromatic rings. The maximum atomic E-state index is 2.27. The van der Waals surface area contributed by atoms with Crippen molar-refractivity contribution in [3.05, 3.63) is 42.5 Å². The minimum Gasteiger partial charge on any atom is -0.129 e. The Morgan fingerprint density at radius 3 is 3.00 bits per heavy atom. The first-order valence-corrected chi connectivity index (χ1v) is 6.43. The summed E-state index contributed by atoms with van der Waals surface area (Å²) in [6, 6.07) is 10.8. The van der Waals surface area contributed by atoms with Crippen LogP contribution in [0.5, 0.6) is 0 Å². The van der Waals surface area contributed by atoms with Crippen LogP contribution >= 0.6 is 23.1 Å². The van der Waals surface area contributed by atoms with Crippen LogP contribution in [0.2, 0.25) is 0 Å². The second kappa shape index (κ2) is 4.67. The summed E-state index contributed by atoms with van der Waals surface area (Å²) >= 11 is 3.78. The molecule has 0 N–H and O–H groups in total. The molecule has 0 spiro atoms. The summed E-state index contributed by atoms with van der Waals surface area (Å²) in [6.07, 6.45) is 4.29. The first kappa shape index (κ1) is 9.81. The van der Waals surface area contributed by atoms with Crippen molar-refractivity contribution in [1.82, 2.24) is 0 Å². The number of allylic oxidation sites excluding steroid dienone is 1. The third-order valence-electron chi connectivity index (χ3n) is 1.96. The van der Waals surface area contributed by atoms with Gasteiger partial charge < -0.3 is 0 Å². The van der Waals surface area contributed by atoms with Crippen molar-refractivity contribution >= 4 is 33.2 Å². The predicted molar refractivity (Wildman–Crippen MR) is 67.4 cm³/mol. The van der Waals surface area contributed by atoms with Gasteiger partial charge in [-0.3, -0.25) is 0 Å². The summed E-state index contributed by atoms with van der Waals surface area (Å²) in [7, 11) is 0. The maximum Gasteiger partial charge on any atom is 0.0614 e. The van der Waals surface area contributed by atoms with Crippen molar-refractivity contribution in [1.29, 1.82) is 0 Å². The topological polar surface area (TPSA) is 0 Å². The van der Waals surface area contributed by atoms with Crippen LogP contribution in [0.4, 0.5) is 0 Å². The molecule has 0 radical (unpaired) electrons. The summed E-state index contributed by atoms with van der Waals surface area (Å²) in [6.45, 7) is 2.06. The second-order valence-electron chi connectivity index (χ2n) is 2.98. The fraction of sp³-hybridized carbons (Fsp3) is 0.167. The Morgan fingerprint density at radius 1 is 1.36 bits per heavy atom. The molecule has 0 saturated carbocycles. The van der Waals surface area contributed by atoms with Crippen LogP contribution in [0.3, 0.4) is 0 Å². The largest absolute Gasteiger partial charge is 0.129 e. The molecule has 1 aromatic heterocycles. The van der Waals surface area contributed by atoms with Gasteiger partial charge in [0.15, 0.2) is 0 Å². The Labute approximate surface area is 92.6 Å². The first-order valence-electron chi connectivity index (χ1n) is 4.62. The molecule has 0 aliphatic heterocycles. The van der Waals surface area contributed by atoms with Crippen LogP contribution in [0.15, 0.2) is 46.7 Å². The Morgan fingerprint density at radius 2 is 2.21 bits per heavy atom. The number of fused-ring (bicyclic) bond motifs is 1. The van der Waals surface area contributed by atoms with Crippen LogP contribution in [0.25, 0.3) is 10.1 Å². The van der Waals surface area contributed by atoms with Crippen molar-refractivity contribution in [2.75, 3.05) is 5.75 Å². The van der Waals surface area contributed by atoms with Crippen LogP contribution < -0.4 is 0 Å². The fourth-order valence-electron chi connectivity index (χ4n) is 1.26. The van der Waals surface area contributed by atoms with Gasteiger partial charge >= 0.3 is 0 Å². The van der Waals surface area contributed by atoms with E-state index in [9.17, 15) is 0 Å². The number of hydrogen-bond acceptors (Lipinski definition) is 2. The van der Waals surface area contributed by atoms with Crippen LogP contribution in [0.1, 0.15) is 6.92 Å². The Hall–Kier alpha value is -0.730. The van der Waals surface area contributed by atoms with Gasteiger partial charge in [-0.15, -0.1) is 23.1 Å². The molecule has 1 aromatic carbocycles. The van der Waals surface area contributed by atoms with Gasteiger partial charge in [-0.05, 0) is 24.4 Å². The van der Waals surface area contributed by atoms with Gasteiger partial charge in [0.05, 0.1) is 4.21 Å². The molecule has 2 rings (SSSR count). The lowest BCUT2D eigenvalue weighted by Crippen LogP contribution is -1.65. The predicted octanol–water partition coefficient (Wildman–Crippen LogP) is 4.57. The average Bonchev–Trinajstić information content (AvgIpc) is 2.60. The molecular formula is C12H12S2. The number of thioether (sulfide) groups is 1. The Bertz CT molecular complexity index is 407. The second-order valence-corrected chi connectivity index (χ2v) is 5.39. The van der Waals surface area contributed by atoms with Crippen molar-refractivity contribution in [3.8, 4) is 0 Å². The zero-order valence-corrected chi connectivity index (χ0v) is 9.70. The minimum atomic E-state index is 1.07. The van der Waals surface area contributed by atoms with E-state index in [-0.39, 0.29) is 0 Å². The quantitative estimate of drug-likeness (QED) is 0.539. The average molecular weight is 220 g/mol. The molecule has 0 atom stereocenters. The summed E-state index contributed by atoms with van der Waals surface area (Å²) in [5, 5.41) is 1.36. The third kappa shape index (κ3) is 2.20. The number of hydrogen-bond donors (Lipinski definition) is 0. The van der Waals surface area contributed by atoms with E-state index in [0.717, 1.165) is 5.75 Å². The summed E-state index contributed by atoms with van der Waals surface area (Å²) < 4.78 is 2.79. The van der Waals surface area contributed by atoms with E-state index >= 15 is 0 Å². The van der Waals surface area contributed by atoms with E-state index in [4.69, 9.17) is 0 Å². The van der Waals surface area contributed by atoms with Gasteiger partial charge in [0.1, 0.15) is 0 Å². The van der Waals surface area contributed by atoms with E-state index < -0.39 is 0 Å². The molecule has 14 heavy (non-hydrogen) atoms. The van der Waals surface area contributed by atoms with E-state index in [1.54, 1.807) is 0 Å². The third-order valence-corrected chi connectivity index (χ3v) is 4.24. The highest BCUT2D eigenvalue weighted by atomic mass is 32.2. The molecule has 0 nitrogen and oxygen atoms in total. The van der Waals surface area contributed by atoms with Crippen molar-refractivity contribution < 1.29 is 0 Å². The molecule has 0 aliphatic carbocycles. The minimum absolute atomic E-state index is 1.07. The van der Waals surface area contributed by atoms with Gasteiger partial charge in [-0.2, -0.15) is 0 Å². The SMILES string of the molecule is C/C=C/CSc1cc2ccccc2s1. The van der Waals surface area contributed by atoms with Crippen molar-refractivity contribution in [3.63, 3.8) is 0 Å². The maximum absolute atomic E-state index is 2.27. The standard InChI is InChI=1S/C12H12S2/c1-2-3-8-13-12-9-10-6-4-5-7-11(10)14-12/h2-7,9H,8H2,1H3/b3-2+. The normalized spacial score (nSPS) is 11.5. The summed E-state index contributed by atoms with van der Waals surface area (Å²) in [5.41, 5.74) is 0. The molecule has 0 bridgehead atoms. The molecule has 0 amide bonds. The highest BCUT2D eigenvalue weighted by Gasteiger charge is 1.99. The van der Waals surface area contributed by atoms with Gasteiger partial charge in [-0.25, -0.2) is 0 Å². The zero-order valence-electron chi connectivity index (χ0n) is 8.07. The van der Waals surface area contributed by atoms with Crippen molar-refractivity contribution in [2.45, 2.75) is 11.1 Å². The van der Waals surface area contributed by atoms with Gasteiger partial charge in [0, 0.05) is 10.5 Å². The lowest BCUT2D eigenvalue weighted by molar-refractivity contribution is 1.64. The number of benzene rings is 1. The first-order chi connectivity index (χ1) is 6.90. The monoisotopic (exact) mass is 220 g/mol. The molecular weight excluding hydrogens is 208 g/mol. The Balaban J connectivity index is 2.18. The van der Waals surface area contributed by atoms with Gasteiger partial charge in [0.2, 0.25) is 0 Å². The van der Waals surface area contributed by atoms with E-state index in [0.29, 0.717) is 0 Å². The van der Waals surface area contributed by atoms with E-state index in [1.165, 1.54) is 14.3 Å². The highest BCUT2D eigenvalue weighted by Crippen LogP contribution is 2.32. The molecule has 2 heteroatoms. The fourth-order valence-corrected chi connectivity index (χ4v) is 3.42. The van der Waals surface area contributed by atoms with Crippen LogP contribution in [-0.4, -0.2) is 5.75 Å². The zero-order chi connectivity index (χ0) is 9.80. The molecule has 72 valence electrons. The number of rotatable bonds is 3. The lowest BCUT2D eigenvalue weighted by atomic mass is 10.3. The summed E-state index contributed by atoms with van der Waals surface area (Å²) in [4.78, 5) is 0. The molecule has 0 unspecified atom stereocenters. The highest BCUT2D eigenvalue weighted by molar-refractivity contribution is 8.01. The smallest absolute Gasteiger partial charge is 0.0614 e. The molecule has 1 heterocycles. The number of thiophene rings is 1. The summed E-state index contributed by atoms with van der Waals surface area (Å²) in [5.74, 6) is 1.07. The van der Waals surface area contributed by atoms with E-state index in [2.05, 4.69) is 49.4 Å². The molecule has 0 aliphatic rings. The van der Waals surface area contributed by atoms with Gasteiger partial charge in [-0.1, -0.05) is 30.4 Å².